The Hall–Kier alpha value is -2.07. The van der Waals surface area contributed by atoms with E-state index in [4.69, 9.17) is 9.47 Å². The molecule has 3 rings (SSSR count). The molecule has 1 aromatic heterocycles. The summed E-state index contributed by atoms with van der Waals surface area (Å²) >= 11 is 0. The SMILES string of the molecule is OC1COC(n2cc(COc3ccc(F)cc3)nn2)C(O)C1O. The first-order valence-corrected chi connectivity index (χ1v) is 6.99. The molecule has 9 heteroatoms. The fourth-order valence-corrected chi connectivity index (χ4v) is 2.22. The first kappa shape index (κ1) is 15.8. The van der Waals surface area contributed by atoms with Gasteiger partial charge in [0.1, 0.15) is 42.2 Å². The maximum absolute atomic E-state index is 12.8. The molecule has 2 aromatic rings. The predicted octanol–water partition coefficient (Wildman–Crippen LogP) is -0.392. The monoisotopic (exact) mass is 325 g/mol. The fourth-order valence-electron chi connectivity index (χ4n) is 2.22. The molecule has 0 spiro atoms. The third kappa shape index (κ3) is 3.48. The Morgan fingerprint density at radius 3 is 2.70 bits per heavy atom. The fraction of sp³-hybridized carbons (Fsp3) is 0.429. The van der Waals surface area contributed by atoms with E-state index in [2.05, 4.69) is 10.3 Å². The summed E-state index contributed by atoms with van der Waals surface area (Å²) in [4.78, 5) is 0. The molecule has 1 fully saturated rings. The lowest BCUT2D eigenvalue weighted by atomic mass is 10.0. The van der Waals surface area contributed by atoms with Gasteiger partial charge in [-0.2, -0.15) is 0 Å². The van der Waals surface area contributed by atoms with Crippen molar-refractivity contribution >= 4 is 0 Å². The van der Waals surface area contributed by atoms with Crippen molar-refractivity contribution in [1.29, 1.82) is 0 Å². The molecule has 0 bridgehead atoms. The van der Waals surface area contributed by atoms with Gasteiger partial charge in [-0.15, -0.1) is 5.10 Å². The van der Waals surface area contributed by atoms with Gasteiger partial charge >= 0.3 is 0 Å². The van der Waals surface area contributed by atoms with Crippen LogP contribution in [-0.4, -0.2) is 55.2 Å². The molecule has 3 N–H and O–H groups in total. The summed E-state index contributed by atoms with van der Waals surface area (Å²) in [5, 5.41) is 36.7. The van der Waals surface area contributed by atoms with Gasteiger partial charge in [-0.3, -0.25) is 0 Å². The highest BCUT2D eigenvalue weighted by molar-refractivity contribution is 5.22. The van der Waals surface area contributed by atoms with Crippen LogP contribution in [0, 0.1) is 5.82 Å². The molecular formula is C14H16FN3O5. The quantitative estimate of drug-likeness (QED) is 0.702. The Balaban J connectivity index is 1.62. The first-order chi connectivity index (χ1) is 11.0. The van der Waals surface area contributed by atoms with Crippen molar-refractivity contribution in [3.8, 4) is 5.75 Å². The molecule has 1 aliphatic rings. The largest absolute Gasteiger partial charge is 0.487 e. The van der Waals surface area contributed by atoms with Crippen LogP contribution in [0.5, 0.6) is 5.75 Å². The molecule has 0 amide bonds. The Labute approximate surface area is 130 Å². The summed E-state index contributed by atoms with van der Waals surface area (Å²) in [6.07, 6.45) is -3.24. The smallest absolute Gasteiger partial charge is 0.180 e. The summed E-state index contributed by atoms with van der Waals surface area (Å²) in [6.45, 7) is -0.0240. The number of aliphatic hydroxyl groups is 3. The molecule has 1 saturated heterocycles. The van der Waals surface area contributed by atoms with E-state index < -0.39 is 24.5 Å². The second kappa shape index (κ2) is 6.59. The van der Waals surface area contributed by atoms with Gasteiger partial charge in [-0.25, -0.2) is 9.07 Å². The predicted molar refractivity (Wildman–Crippen MR) is 73.8 cm³/mol. The summed E-state index contributed by atoms with van der Waals surface area (Å²) in [6, 6.07) is 5.55. The van der Waals surface area contributed by atoms with Crippen molar-refractivity contribution in [1.82, 2.24) is 15.0 Å². The molecule has 4 unspecified atom stereocenters. The van der Waals surface area contributed by atoms with Gasteiger partial charge in [-0.05, 0) is 24.3 Å². The van der Waals surface area contributed by atoms with Crippen molar-refractivity contribution in [2.45, 2.75) is 31.1 Å². The van der Waals surface area contributed by atoms with Crippen LogP contribution in [0.4, 0.5) is 4.39 Å². The Bertz CT molecular complexity index is 650. The summed E-state index contributed by atoms with van der Waals surface area (Å²) < 4.78 is 24.8. The van der Waals surface area contributed by atoms with Gasteiger partial charge in [0.2, 0.25) is 0 Å². The molecule has 1 aromatic carbocycles. The van der Waals surface area contributed by atoms with Gasteiger partial charge in [-0.1, -0.05) is 5.21 Å². The van der Waals surface area contributed by atoms with Gasteiger partial charge in [0.25, 0.3) is 0 Å². The standard InChI is InChI=1S/C14H16FN3O5/c15-8-1-3-10(4-2-8)22-6-9-5-18(17-16-9)14-13(21)12(20)11(19)7-23-14/h1-5,11-14,19-21H,6-7H2. The van der Waals surface area contributed by atoms with E-state index in [0.717, 1.165) is 0 Å². The van der Waals surface area contributed by atoms with E-state index in [9.17, 15) is 19.7 Å². The number of aliphatic hydroxyl groups excluding tert-OH is 3. The van der Waals surface area contributed by atoms with Gasteiger partial charge in [0.05, 0.1) is 12.8 Å². The molecule has 0 aliphatic carbocycles. The maximum atomic E-state index is 12.8. The van der Waals surface area contributed by atoms with Crippen LogP contribution in [0.2, 0.25) is 0 Å². The zero-order chi connectivity index (χ0) is 16.4. The van der Waals surface area contributed by atoms with Crippen LogP contribution in [0.3, 0.4) is 0 Å². The minimum atomic E-state index is -1.33. The summed E-state index contributed by atoms with van der Waals surface area (Å²) in [7, 11) is 0. The second-order valence-corrected chi connectivity index (χ2v) is 5.20. The number of rotatable bonds is 4. The summed E-state index contributed by atoms with van der Waals surface area (Å²) in [5.74, 6) is 0.126. The number of nitrogens with zero attached hydrogens (tertiary/aromatic N) is 3. The average Bonchev–Trinajstić information content (AvgIpc) is 3.01. The first-order valence-electron chi connectivity index (χ1n) is 6.99. The second-order valence-electron chi connectivity index (χ2n) is 5.20. The average molecular weight is 325 g/mol. The van der Waals surface area contributed by atoms with Crippen LogP contribution in [-0.2, 0) is 11.3 Å². The van der Waals surface area contributed by atoms with E-state index in [0.29, 0.717) is 11.4 Å². The molecular weight excluding hydrogens is 309 g/mol. The normalized spacial score (nSPS) is 27.8. The molecule has 2 heterocycles. The van der Waals surface area contributed by atoms with Crippen molar-refractivity contribution in [2.24, 2.45) is 0 Å². The summed E-state index contributed by atoms with van der Waals surface area (Å²) in [5.41, 5.74) is 0.464. The third-order valence-corrected chi connectivity index (χ3v) is 3.49. The van der Waals surface area contributed by atoms with Crippen molar-refractivity contribution < 1.29 is 29.2 Å². The number of halogens is 1. The van der Waals surface area contributed by atoms with Crippen LogP contribution in [0.25, 0.3) is 0 Å². The molecule has 23 heavy (non-hydrogen) atoms. The third-order valence-electron chi connectivity index (χ3n) is 3.49. The molecule has 8 nitrogen and oxygen atoms in total. The lowest BCUT2D eigenvalue weighted by Gasteiger charge is -2.34. The van der Waals surface area contributed by atoms with Crippen LogP contribution in [0.15, 0.2) is 30.5 Å². The van der Waals surface area contributed by atoms with Gasteiger partial charge < -0.3 is 24.8 Å². The van der Waals surface area contributed by atoms with Crippen molar-refractivity contribution in [3.63, 3.8) is 0 Å². The minimum Gasteiger partial charge on any atom is -0.487 e. The Morgan fingerprint density at radius 2 is 1.96 bits per heavy atom. The topological polar surface area (TPSA) is 110 Å². The molecule has 1 aliphatic heterocycles. The van der Waals surface area contributed by atoms with E-state index in [1.807, 2.05) is 0 Å². The lowest BCUT2D eigenvalue weighted by molar-refractivity contribution is -0.214. The highest BCUT2D eigenvalue weighted by Gasteiger charge is 2.39. The van der Waals surface area contributed by atoms with Crippen LogP contribution >= 0.6 is 0 Å². The maximum Gasteiger partial charge on any atom is 0.180 e. The van der Waals surface area contributed by atoms with E-state index in [-0.39, 0.29) is 19.0 Å². The van der Waals surface area contributed by atoms with E-state index in [1.54, 1.807) is 0 Å². The van der Waals surface area contributed by atoms with Crippen LogP contribution in [0.1, 0.15) is 11.9 Å². The Morgan fingerprint density at radius 1 is 1.22 bits per heavy atom. The number of hydrogen-bond donors (Lipinski definition) is 3. The molecule has 124 valence electrons. The minimum absolute atomic E-state index is 0.0969. The van der Waals surface area contributed by atoms with Gasteiger partial charge in [0.15, 0.2) is 6.23 Å². The number of ether oxygens (including phenoxy) is 2. The lowest BCUT2D eigenvalue weighted by Crippen LogP contribution is -2.50. The van der Waals surface area contributed by atoms with Gasteiger partial charge in [0, 0.05) is 0 Å². The number of aromatic nitrogens is 3. The highest BCUT2D eigenvalue weighted by Crippen LogP contribution is 2.23. The highest BCUT2D eigenvalue weighted by atomic mass is 19.1. The zero-order valence-corrected chi connectivity index (χ0v) is 12.0. The molecule has 4 atom stereocenters. The van der Waals surface area contributed by atoms with E-state index >= 15 is 0 Å². The number of benzene rings is 1. The van der Waals surface area contributed by atoms with Crippen molar-refractivity contribution in [2.75, 3.05) is 6.61 Å². The molecule has 0 saturated carbocycles. The van der Waals surface area contributed by atoms with Crippen molar-refractivity contribution in [3.05, 3.63) is 42.0 Å². The molecule has 0 radical (unpaired) electrons. The van der Waals surface area contributed by atoms with E-state index in [1.165, 1.54) is 35.1 Å². The van der Waals surface area contributed by atoms with Crippen LogP contribution < -0.4 is 4.74 Å². The number of hydrogen-bond acceptors (Lipinski definition) is 7. The zero-order valence-electron chi connectivity index (χ0n) is 12.0. The Kier molecular flexibility index (Phi) is 4.53.